The summed E-state index contributed by atoms with van der Waals surface area (Å²) >= 11 is 0. The molecule has 350 valence electrons. The molecule has 0 heterocycles. The number of carbonyl (C=O) groups is 1. The largest absolute Gasteiger partial charge is 0.472 e. The van der Waals surface area contributed by atoms with Crippen molar-refractivity contribution < 1.29 is 37.3 Å². The number of likely N-dealkylation sites (N-methyl/N-ethyl adjacent to an activating group) is 1. The zero-order chi connectivity index (χ0) is 44.1. The molecule has 0 bridgehead atoms. The zero-order valence-corrected chi connectivity index (χ0v) is 40.6. The highest BCUT2D eigenvalue weighted by Gasteiger charge is 2.26. The number of unbranched alkanes of at least 4 members (excludes halogenated alkanes) is 22. The van der Waals surface area contributed by atoms with Crippen molar-refractivity contribution in [2.24, 2.45) is 0 Å². The summed E-state index contributed by atoms with van der Waals surface area (Å²) in [5, 5.41) is 0. The van der Waals surface area contributed by atoms with E-state index >= 15 is 0 Å². The van der Waals surface area contributed by atoms with E-state index in [1.807, 2.05) is 27.2 Å². The van der Waals surface area contributed by atoms with Crippen LogP contribution in [0, 0.1) is 0 Å². The molecule has 0 aromatic heterocycles. The molecule has 0 aliphatic heterocycles. The van der Waals surface area contributed by atoms with Gasteiger partial charge >= 0.3 is 13.8 Å². The first-order chi connectivity index (χ1) is 29.1. The van der Waals surface area contributed by atoms with Gasteiger partial charge in [0.05, 0.1) is 40.8 Å². The average Bonchev–Trinajstić information content (AvgIpc) is 3.20. The Bertz CT molecular complexity index is 1140. The Morgan fingerprint density at radius 2 is 0.900 bits per heavy atom. The summed E-state index contributed by atoms with van der Waals surface area (Å²) in [5.41, 5.74) is 0. The van der Waals surface area contributed by atoms with Gasteiger partial charge < -0.3 is 18.9 Å². The lowest BCUT2D eigenvalue weighted by atomic mass is 10.0. The molecule has 0 saturated heterocycles. The minimum Gasteiger partial charge on any atom is -0.457 e. The van der Waals surface area contributed by atoms with Crippen molar-refractivity contribution >= 4 is 13.8 Å². The Morgan fingerprint density at radius 3 is 1.30 bits per heavy atom. The number of hydrogen-bond donors (Lipinski definition) is 1. The van der Waals surface area contributed by atoms with Gasteiger partial charge in [-0.1, -0.05) is 216 Å². The molecule has 9 heteroatoms. The number of carbonyl (C=O) groups excluding carboxylic acids is 1. The van der Waals surface area contributed by atoms with Crippen molar-refractivity contribution in [3.05, 3.63) is 60.8 Å². The quantitative estimate of drug-likeness (QED) is 0.0214. The van der Waals surface area contributed by atoms with Gasteiger partial charge in [0, 0.05) is 6.61 Å². The highest BCUT2D eigenvalue weighted by atomic mass is 31.2. The van der Waals surface area contributed by atoms with Crippen LogP contribution in [0.4, 0.5) is 0 Å². The third kappa shape index (κ3) is 47.3. The van der Waals surface area contributed by atoms with Gasteiger partial charge in [0.15, 0.2) is 0 Å². The second-order valence-electron chi connectivity index (χ2n) is 17.5. The Hall–Kier alpha value is -1.80. The average molecular weight is 865 g/mol. The van der Waals surface area contributed by atoms with Gasteiger partial charge in [-0.3, -0.25) is 13.8 Å². The maximum absolute atomic E-state index is 12.7. The lowest BCUT2D eigenvalue weighted by Crippen LogP contribution is -2.37. The maximum atomic E-state index is 12.7. The molecule has 0 aliphatic carbocycles. The summed E-state index contributed by atoms with van der Waals surface area (Å²) in [6.07, 6.45) is 55.9. The summed E-state index contributed by atoms with van der Waals surface area (Å²) in [7, 11) is 1.61. The summed E-state index contributed by atoms with van der Waals surface area (Å²) < 4.78 is 34.9. The normalized spacial score (nSPS) is 14.2. The van der Waals surface area contributed by atoms with Gasteiger partial charge in [-0.05, 0) is 38.5 Å². The van der Waals surface area contributed by atoms with E-state index in [-0.39, 0.29) is 26.2 Å². The Kier molecular flexibility index (Phi) is 42.5. The SMILES string of the molecule is CC/C=C\C/C=C\C/C=C\C/C=C\C/C=C\CC(=O)OC(COCCCCCCCCCCCCCCCCCCCCCCCCC)COP(=O)(O)OCC[N+](C)(C)C. The number of phosphoric acid groups is 1. The molecule has 0 rings (SSSR count). The Morgan fingerprint density at radius 1 is 0.517 bits per heavy atom. The lowest BCUT2D eigenvalue weighted by Gasteiger charge is -2.24. The fourth-order valence-electron chi connectivity index (χ4n) is 6.63. The third-order valence-electron chi connectivity index (χ3n) is 10.4. The van der Waals surface area contributed by atoms with E-state index in [1.165, 1.54) is 135 Å². The number of quaternary nitrogens is 1. The molecule has 0 aromatic rings. The molecule has 8 nitrogen and oxygen atoms in total. The van der Waals surface area contributed by atoms with Crippen molar-refractivity contribution in [3.63, 3.8) is 0 Å². The molecule has 0 aliphatic rings. The minimum atomic E-state index is -4.30. The van der Waals surface area contributed by atoms with Crippen LogP contribution in [0.3, 0.4) is 0 Å². The molecule has 2 unspecified atom stereocenters. The summed E-state index contributed by atoms with van der Waals surface area (Å²) in [5.74, 6) is -0.438. The van der Waals surface area contributed by atoms with E-state index in [9.17, 15) is 14.3 Å². The summed E-state index contributed by atoms with van der Waals surface area (Å²) in [4.78, 5) is 22.9. The number of hydrogen-bond acceptors (Lipinski definition) is 6. The van der Waals surface area contributed by atoms with Crippen LogP contribution in [0.2, 0.25) is 0 Å². The van der Waals surface area contributed by atoms with Crippen LogP contribution in [0.1, 0.15) is 200 Å². The summed E-state index contributed by atoms with van der Waals surface area (Å²) in [6, 6.07) is 0. The molecule has 0 radical (unpaired) electrons. The van der Waals surface area contributed by atoms with Gasteiger partial charge in [0.25, 0.3) is 0 Å². The molecule has 0 saturated carbocycles. The van der Waals surface area contributed by atoms with E-state index in [1.54, 1.807) is 6.08 Å². The Labute approximate surface area is 370 Å². The first-order valence-electron chi connectivity index (χ1n) is 24.5. The van der Waals surface area contributed by atoms with Crippen molar-refractivity contribution in [3.8, 4) is 0 Å². The van der Waals surface area contributed by atoms with Gasteiger partial charge in [-0.25, -0.2) is 4.57 Å². The van der Waals surface area contributed by atoms with E-state index in [0.717, 1.165) is 44.9 Å². The van der Waals surface area contributed by atoms with E-state index < -0.39 is 19.9 Å². The fourth-order valence-corrected chi connectivity index (χ4v) is 7.37. The predicted octanol–water partition coefficient (Wildman–Crippen LogP) is 14.9. The van der Waals surface area contributed by atoms with Gasteiger partial charge in [0.1, 0.15) is 19.3 Å². The second-order valence-corrected chi connectivity index (χ2v) is 18.9. The predicted molar refractivity (Wildman–Crippen MR) is 256 cm³/mol. The van der Waals surface area contributed by atoms with Gasteiger partial charge in [-0.15, -0.1) is 0 Å². The van der Waals surface area contributed by atoms with Crippen LogP contribution in [-0.4, -0.2) is 75.6 Å². The molecule has 0 spiro atoms. The molecular weight excluding hydrogens is 770 g/mol. The van der Waals surface area contributed by atoms with Crippen molar-refractivity contribution in [2.75, 3.05) is 54.1 Å². The first kappa shape index (κ1) is 58.2. The smallest absolute Gasteiger partial charge is 0.457 e. The van der Waals surface area contributed by atoms with E-state index in [0.29, 0.717) is 17.6 Å². The van der Waals surface area contributed by atoms with Gasteiger partial charge in [0.2, 0.25) is 0 Å². The molecule has 60 heavy (non-hydrogen) atoms. The molecular formula is C51H95NO7P+. The van der Waals surface area contributed by atoms with Crippen molar-refractivity contribution in [1.82, 2.24) is 0 Å². The number of rotatable bonds is 45. The van der Waals surface area contributed by atoms with Crippen LogP contribution < -0.4 is 0 Å². The standard InChI is InChI=1S/C51H94NO7P/c1-6-8-10-12-14-16-18-20-22-23-24-25-26-27-28-29-31-33-35-37-39-41-43-46-56-48-50(49-58-60(54,55)57-47-45-52(3,4)5)59-51(53)44-42-40-38-36-34-32-30-21-19-17-15-13-11-9-7-2/h9,11,15,17,21,30,34,36,40,42,50H,6-8,10,12-14,16,18-20,22-29,31-33,35,37-39,41,43-49H2,1-5H3/p+1/b11-9-,17-15-,30-21-,36-34-,42-40-. The van der Waals surface area contributed by atoms with Crippen LogP contribution in [0.5, 0.6) is 0 Å². The maximum Gasteiger partial charge on any atom is 0.472 e. The highest BCUT2D eigenvalue weighted by Crippen LogP contribution is 2.43. The fraction of sp³-hybridized carbons (Fsp3) is 0.784. The highest BCUT2D eigenvalue weighted by molar-refractivity contribution is 7.47. The van der Waals surface area contributed by atoms with Gasteiger partial charge in [-0.2, -0.15) is 0 Å². The number of phosphoric ester groups is 1. The van der Waals surface area contributed by atoms with Crippen LogP contribution >= 0.6 is 7.82 Å². The second kappa shape index (κ2) is 43.8. The van der Waals surface area contributed by atoms with Crippen LogP contribution in [0.15, 0.2) is 60.8 Å². The lowest BCUT2D eigenvalue weighted by molar-refractivity contribution is -0.870. The summed E-state index contributed by atoms with van der Waals surface area (Å²) in [6.45, 7) is 5.39. The van der Waals surface area contributed by atoms with Crippen LogP contribution in [-0.2, 0) is 27.9 Å². The number of ether oxygens (including phenoxy) is 2. The number of allylic oxidation sites excluding steroid dienone is 9. The molecule has 0 fully saturated rings. The number of esters is 1. The van der Waals surface area contributed by atoms with Crippen LogP contribution in [0.25, 0.3) is 0 Å². The minimum absolute atomic E-state index is 0.0713. The Balaban J connectivity index is 4.19. The van der Waals surface area contributed by atoms with Crippen molar-refractivity contribution in [1.29, 1.82) is 0 Å². The molecule has 2 atom stereocenters. The topological polar surface area (TPSA) is 91.3 Å². The van der Waals surface area contributed by atoms with E-state index in [2.05, 4.69) is 62.5 Å². The third-order valence-corrected chi connectivity index (χ3v) is 11.4. The molecule has 1 N–H and O–H groups in total. The van der Waals surface area contributed by atoms with E-state index in [4.69, 9.17) is 18.5 Å². The number of nitrogens with zero attached hydrogens (tertiary/aromatic N) is 1. The van der Waals surface area contributed by atoms with Crippen molar-refractivity contribution in [2.45, 2.75) is 206 Å². The molecule has 0 amide bonds. The first-order valence-corrected chi connectivity index (χ1v) is 26.0. The molecule has 0 aromatic carbocycles. The zero-order valence-electron chi connectivity index (χ0n) is 39.7. The monoisotopic (exact) mass is 865 g/mol.